The van der Waals surface area contributed by atoms with Crippen LogP contribution in [0.5, 0.6) is 11.5 Å². The van der Waals surface area contributed by atoms with Crippen molar-refractivity contribution in [2.45, 2.75) is 9.79 Å². The molecule has 0 bridgehead atoms. The highest BCUT2D eigenvalue weighted by Crippen LogP contribution is 2.32. The Balaban J connectivity index is 1.55. The van der Waals surface area contributed by atoms with Crippen LogP contribution in [0.1, 0.15) is 0 Å². The van der Waals surface area contributed by atoms with E-state index in [9.17, 15) is 21.6 Å². The van der Waals surface area contributed by atoms with Crippen molar-refractivity contribution >= 4 is 66.2 Å². The van der Waals surface area contributed by atoms with Crippen molar-refractivity contribution in [3.63, 3.8) is 0 Å². The summed E-state index contributed by atoms with van der Waals surface area (Å²) in [6, 6.07) is 21.8. The molecule has 0 aliphatic rings. The van der Waals surface area contributed by atoms with Crippen molar-refractivity contribution < 1.29 is 31.1 Å². The van der Waals surface area contributed by atoms with Gasteiger partial charge in [-0.05, 0) is 66.7 Å². The minimum Gasteiger partial charge on any atom is -0.497 e. The molecule has 0 saturated heterocycles. The Morgan fingerprint density at radius 2 is 1.43 bits per heavy atom. The van der Waals surface area contributed by atoms with Gasteiger partial charge in [-0.3, -0.25) is 13.8 Å². The van der Waals surface area contributed by atoms with Gasteiger partial charge in [-0.15, -0.1) is 0 Å². The summed E-state index contributed by atoms with van der Waals surface area (Å²) in [5.41, 5.74) is 0.501. The number of rotatable bonds is 11. The van der Waals surface area contributed by atoms with Crippen molar-refractivity contribution in [3.05, 3.63) is 101 Å². The van der Waals surface area contributed by atoms with Crippen LogP contribution in [0.25, 0.3) is 0 Å². The minimum atomic E-state index is -4.19. The summed E-state index contributed by atoms with van der Waals surface area (Å²) in [6.45, 7) is -0.620. The van der Waals surface area contributed by atoms with E-state index in [4.69, 9.17) is 32.7 Å². The number of hydrogen-bond acceptors (Lipinski definition) is 7. The van der Waals surface area contributed by atoms with Crippen molar-refractivity contribution in [2.24, 2.45) is 0 Å². The highest BCUT2D eigenvalue weighted by molar-refractivity contribution is 7.93. The number of amides is 1. The number of carbonyl (C=O) groups excluding carboxylic acids is 1. The largest absolute Gasteiger partial charge is 0.497 e. The molecule has 0 fully saturated rings. The molecular weight excluding hydrogens is 625 g/mol. The number of sulfonamides is 2. The van der Waals surface area contributed by atoms with Crippen LogP contribution in [-0.2, 0) is 24.8 Å². The third-order valence-corrected chi connectivity index (χ3v) is 9.46. The Labute approximate surface area is 253 Å². The fraction of sp³-hybridized carbons (Fsp3) is 0.107. The Morgan fingerprint density at radius 1 is 0.786 bits per heavy atom. The van der Waals surface area contributed by atoms with Crippen LogP contribution in [0, 0.1) is 0 Å². The molecule has 0 saturated carbocycles. The lowest BCUT2D eigenvalue weighted by molar-refractivity contribution is -0.114. The second-order valence-electron chi connectivity index (χ2n) is 8.70. The summed E-state index contributed by atoms with van der Waals surface area (Å²) < 4.78 is 66.8. The third kappa shape index (κ3) is 7.26. The average Bonchev–Trinajstić information content (AvgIpc) is 2.95. The first-order valence-corrected chi connectivity index (χ1v) is 15.8. The van der Waals surface area contributed by atoms with Crippen LogP contribution in [0.3, 0.4) is 0 Å². The van der Waals surface area contributed by atoms with E-state index < -0.39 is 32.5 Å². The fourth-order valence-corrected chi connectivity index (χ4v) is 6.87. The predicted octanol–water partition coefficient (Wildman–Crippen LogP) is 5.65. The SMILES string of the molecule is COc1ccc(OC)c(NS(=O)(=O)c2ccc(NC(=O)CN(c3cc(Cl)cc(Cl)c3)S(=O)(=O)c3ccccc3)cc2)c1. The molecule has 220 valence electrons. The second-order valence-corrected chi connectivity index (χ2v) is 13.1. The predicted molar refractivity (Wildman–Crippen MR) is 163 cm³/mol. The first kappa shape index (κ1) is 31.0. The monoisotopic (exact) mass is 649 g/mol. The summed E-state index contributed by atoms with van der Waals surface area (Å²) in [5.74, 6) is 0.0228. The van der Waals surface area contributed by atoms with E-state index in [0.29, 0.717) is 11.5 Å². The normalized spacial score (nSPS) is 11.4. The Kier molecular flexibility index (Phi) is 9.52. The van der Waals surface area contributed by atoms with Gasteiger partial charge in [0.1, 0.15) is 18.0 Å². The van der Waals surface area contributed by atoms with Gasteiger partial charge in [0.05, 0.1) is 35.4 Å². The van der Waals surface area contributed by atoms with Crippen molar-refractivity contribution in [1.82, 2.24) is 0 Å². The van der Waals surface area contributed by atoms with Crippen LogP contribution in [0.2, 0.25) is 10.0 Å². The molecule has 0 heterocycles. The Hall–Kier alpha value is -3.97. The molecule has 0 unspecified atom stereocenters. The lowest BCUT2D eigenvalue weighted by Gasteiger charge is -2.24. The molecule has 2 N–H and O–H groups in total. The van der Waals surface area contributed by atoms with E-state index in [0.717, 1.165) is 4.31 Å². The number of halogens is 2. The van der Waals surface area contributed by atoms with Crippen LogP contribution in [0.15, 0.2) is 101 Å². The van der Waals surface area contributed by atoms with Gasteiger partial charge in [-0.1, -0.05) is 41.4 Å². The zero-order valence-electron chi connectivity index (χ0n) is 22.2. The van der Waals surface area contributed by atoms with Gasteiger partial charge in [-0.25, -0.2) is 16.8 Å². The molecule has 42 heavy (non-hydrogen) atoms. The van der Waals surface area contributed by atoms with E-state index in [1.165, 1.54) is 74.9 Å². The van der Waals surface area contributed by atoms with Gasteiger partial charge in [0, 0.05) is 21.8 Å². The number of ether oxygens (including phenoxy) is 2. The maximum absolute atomic E-state index is 13.5. The van der Waals surface area contributed by atoms with Gasteiger partial charge in [-0.2, -0.15) is 0 Å². The van der Waals surface area contributed by atoms with E-state index in [-0.39, 0.29) is 36.9 Å². The van der Waals surface area contributed by atoms with Gasteiger partial charge < -0.3 is 14.8 Å². The molecule has 1 amide bonds. The van der Waals surface area contributed by atoms with E-state index in [2.05, 4.69) is 10.0 Å². The number of carbonyl (C=O) groups is 1. The number of hydrogen-bond donors (Lipinski definition) is 2. The molecule has 0 aromatic heterocycles. The van der Waals surface area contributed by atoms with Crippen molar-refractivity contribution in [1.29, 1.82) is 0 Å². The number of nitrogens with zero attached hydrogens (tertiary/aromatic N) is 1. The van der Waals surface area contributed by atoms with Crippen molar-refractivity contribution in [2.75, 3.05) is 35.1 Å². The Morgan fingerprint density at radius 3 is 2.02 bits per heavy atom. The average molecular weight is 651 g/mol. The Bertz CT molecular complexity index is 1780. The number of anilines is 3. The van der Waals surface area contributed by atoms with Crippen molar-refractivity contribution in [3.8, 4) is 11.5 Å². The maximum Gasteiger partial charge on any atom is 0.264 e. The van der Waals surface area contributed by atoms with E-state index >= 15 is 0 Å². The lowest BCUT2D eigenvalue weighted by Crippen LogP contribution is -2.38. The minimum absolute atomic E-state index is 0.0383. The maximum atomic E-state index is 13.5. The molecule has 4 rings (SSSR count). The number of methoxy groups -OCH3 is 2. The highest BCUT2D eigenvalue weighted by atomic mass is 35.5. The van der Waals surface area contributed by atoms with E-state index in [1.807, 2.05) is 0 Å². The number of nitrogens with one attached hydrogen (secondary N) is 2. The van der Waals surface area contributed by atoms with Crippen LogP contribution >= 0.6 is 23.2 Å². The van der Waals surface area contributed by atoms with Crippen LogP contribution in [-0.4, -0.2) is 43.5 Å². The molecule has 14 heteroatoms. The van der Waals surface area contributed by atoms with Gasteiger partial charge in [0.15, 0.2) is 0 Å². The number of benzene rings is 4. The second kappa shape index (κ2) is 12.9. The van der Waals surface area contributed by atoms with Crippen LogP contribution < -0.4 is 23.8 Å². The molecule has 0 aliphatic carbocycles. The summed E-state index contributed by atoms with van der Waals surface area (Å²) in [6.07, 6.45) is 0. The van der Waals surface area contributed by atoms with Gasteiger partial charge in [0.2, 0.25) is 5.91 Å². The molecule has 0 atom stereocenters. The summed E-state index contributed by atoms with van der Waals surface area (Å²) >= 11 is 12.2. The zero-order chi connectivity index (χ0) is 30.5. The van der Waals surface area contributed by atoms with Gasteiger partial charge in [0.25, 0.3) is 20.0 Å². The summed E-state index contributed by atoms with van der Waals surface area (Å²) in [5, 5.41) is 2.96. The van der Waals surface area contributed by atoms with E-state index in [1.54, 1.807) is 30.3 Å². The molecule has 10 nitrogen and oxygen atoms in total. The first-order valence-electron chi connectivity index (χ1n) is 12.1. The molecular formula is C28H25Cl2N3O7S2. The quantitative estimate of drug-likeness (QED) is 0.215. The highest BCUT2D eigenvalue weighted by Gasteiger charge is 2.28. The fourth-order valence-electron chi connectivity index (χ4n) is 3.86. The summed E-state index contributed by atoms with van der Waals surface area (Å²) in [4.78, 5) is 12.9. The topological polar surface area (TPSA) is 131 Å². The summed E-state index contributed by atoms with van der Waals surface area (Å²) in [7, 11) is -5.37. The van der Waals surface area contributed by atoms with Crippen LogP contribution in [0.4, 0.5) is 17.1 Å². The standard InChI is InChI=1S/C28H25Cl2N3O7S2/c1-39-23-10-13-27(40-2)26(17-23)32-41(35,36)24-11-8-21(9-12-24)31-28(34)18-33(22-15-19(29)14-20(30)16-22)42(37,38)25-6-4-3-5-7-25/h3-17,32H,18H2,1-2H3,(H,31,34). The third-order valence-electron chi connectivity index (χ3n) is 5.85. The first-order chi connectivity index (χ1) is 19.9. The smallest absolute Gasteiger partial charge is 0.264 e. The molecule has 0 aliphatic heterocycles. The lowest BCUT2D eigenvalue weighted by atomic mass is 10.3. The van der Waals surface area contributed by atoms with Gasteiger partial charge >= 0.3 is 0 Å². The molecule has 0 spiro atoms. The zero-order valence-corrected chi connectivity index (χ0v) is 25.4. The molecule has 4 aromatic rings. The molecule has 0 radical (unpaired) electrons. The molecule has 4 aromatic carbocycles.